The third-order valence-electron chi connectivity index (χ3n) is 1.84. The van der Waals surface area contributed by atoms with E-state index in [0.29, 0.717) is 11.3 Å². The number of hydrogen-bond acceptors (Lipinski definition) is 4. The van der Waals surface area contributed by atoms with Gasteiger partial charge < -0.3 is 9.84 Å². The van der Waals surface area contributed by atoms with Gasteiger partial charge in [-0.25, -0.2) is 9.78 Å². The van der Waals surface area contributed by atoms with Crippen LogP contribution in [0.5, 0.6) is 5.75 Å². The van der Waals surface area contributed by atoms with E-state index in [1.807, 2.05) is 0 Å². The highest BCUT2D eigenvalue weighted by atomic mass is 79.9. The van der Waals surface area contributed by atoms with E-state index < -0.39 is 5.97 Å². The van der Waals surface area contributed by atoms with E-state index >= 15 is 0 Å². The molecule has 1 aromatic heterocycles. The van der Waals surface area contributed by atoms with Gasteiger partial charge in [0.25, 0.3) is 0 Å². The average Bonchev–Trinajstić information content (AvgIpc) is 2.59. The molecule has 0 spiro atoms. The molecule has 0 saturated heterocycles. The maximum atomic E-state index is 10.7. The quantitative estimate of drug-likeness (QED) is 0.923. The van der Waals surface area contributed by atoms with E-state index in [-0.39, 0.29) is 5.01 Å². The van der Waals surface area contributed by atoms with Gasteiger partial charge in [-0.2, -0.15) is 0 Å². The molecule has 0 atom stereocenters. The van der Waals surface area contributed by atoms with Gasteiger partial charge in [-0.05, 0) is 22.0 Å². The molecule has 4 nitrogen and oxygen atoms in total. The molecule has 0 unspecified atom stereocenters. The molecule has 1 heterocycles. The van der Waals surface area contributed by atoms with E-state index in [1.165, 1.54) is 0 Å². The maximum absolute atomic E-state index is 10.7. The first-order valence-electron chi connectivity index (χ1n) is 3.99. The molecule has 1 N–H and O–H groups in total. The first-order chi connectivity index (χ1) is 7.11. The second-order valence-corrected chi connectivity index (χ2v) is 4.66. The van der Waals surface area contributed by atoms with Gasteiger partial charge in [0.05, 0.1) is 21.8 Å². The number of aromatic nitrogens is 1. The van der Waals surface area contributed by atoms with E-state index in [0.717, 1.165) is 20.5 Å². The normalized spacial score (nSPS) is 10.5. The number of ether oxygens (including phenoxy) is 1. The van der Waals surface area contributed by atoms with Crippen molar-refractivity contribution >= 4 is 43.5 Å². The number of carbonyl (C=O) groups is 1. The van der Waals surface area contributed by atoms with Gasteiger partial charge in [0, 0.05) is 6.07 Å². The molecule has 0 fully saturated rings. The lowest BCUT2D eigenvalue weighted by atomic mass is 10.3. The van der Waals surface area contributed by atoms with Crippen molar-refractivity contribution in [2.24, 2.45) is 0 Å². The predicted molar refractivity (Wildman–Crippen MR) is 60.8 cm³/mol. The number of halogens is 1. The summed E-state index contributed by atoms with van der Waals surface area (Å²) in [7, 11) is 1.56. The number of benzene rings is 1. The van der Waals surface area contributed by atoms with Gasteiger partial charge in [-0.1, -0.05) is 0 Å². The Morgan fingerprint density at radius 1 is 1.60 bits per heavy atom. The fraction of sp³-hybridized carbons (Fsp3) is 0.111. The summed E-state index contributed by atoms with van der Waals surface area (Å²) in [6.07, 6.45) is 0. The summed E-state index contributed by atoms with van der Waals surface area (Å²) in [5.41, 5.74) is 0.657. The predicted octanol–water partition coefficient (Wildman–Crippen LogP) is 2.77. The van der Waals surface area contributed by atoms with Crippen LogP contribution in [0.25, 0.3) is 10.2 Å². The van der Waals surface area contributed by atoms with E-state index in [9.17, 15) is 4.79 Å². The van der Waals surface area contributed by atoms with Crippen molar-refractivity contribution in [3.8, 4) is 5.75 Å². The van der Waals surface area contributed by atoms with Crippen molar-refractivity contribution in [3.05, 3.63) is 21.6 Å². The highest BCUT2D eigenvalue weighted by molar-refractivity contribution is 9.10. The smallest absolute Gasteiger partial charge is 0.365 e. The minimum absolute atomic E-state index is 0.0881. The summed E-state index contributed by atoms with van der Waals surface area (Å²) < 4.78 is 6.67. The monoisotopic (exact) mass is 287 g/mol. The van der Waals surface area contributed by atoms with Crippen LogP contribution < -0.4 is 4.74 Å². The number of fused-ring (bicyclic) bond motifs is 1. The van der Waals surface area contributed by atoms with Crippen LogP contribution in [0.3, 0.4) is 0 Å². The van der Waals surface area contributed by atoms with E-state index in [2.05, 4.69) is 20.9 Å². The van der Waals surface area contributed by atoms with Gasteiger partial charge >= 0.3 is 5.97 Å². The van der Waals surface area contributed by atoms with Crippen molar-refractivity contribution in [2.75, 3.05) is 7.11 Å². The molecule has 0 saturated carbocycles. The second kappa shape index (κ2) is 3.79. The molecular weight excluding hydrogens is 282 g/mol. The highest BCUT2D eigenvalue weighted by Gasteiger charge is 2.12. The van der Waals surface area contributed by atoms with Crippen LogP contribution in [0.15, 0.2) is 16.6 Å². The fourth-order valence-electron chi connectivity index (χ4n) is 1.18. The Labute approximate surface area is 97.6 Å². The Kier molecular flexibility index (Phi) is 2.62. The number of methoxy groups -OCH3 is 1. The Balaban J connectivity index is 2.66. The largest absolute Gasteiger partial charge is 0.496 e. The lowest BCUT2D eigenvalue weighted by Crippen LogP contribution is -1.93. The number of aromatic carboxylic acids is 1. The Bertz CT molecular complexity index is 537. The molecule has 0 amide bonds. The molecule has 0 radical (unpaired) electrons. The Hall–Kier alpha value is -1.14. The average molecular weight is 288 g/mol. The molecule has 0 aliphatic rings. The number of carboxylic acid groups (broad SMARTS) is 1. The zero-order valence-electron chi connectivity index (χ0n) is 7.65. The molecule has 2 aromatic rings. The molecular formula is C9H6BrNO3S. The number of nitrogens with zero attached hydrogens (tertiary/aromatic N) is 1. The molecule has 0 bridgehead atoms. The summed E-state index contributed by atoms with van der Waals surface area (Å²) in [6, 6.07) is 3.51. The van der Waals surface area contributed by atoms with Gasteiger partial charge in [0.15, 0.2) is 0 Å². The van der Waals surface area contributed by atoms with Gasteiger partial charge in [-0.15, -0.1) is 11.3 Å². The zero-order chi connectivity index (χ0) is 11.0. The standard InChI is InChI=1S/C9H6BrNO3S/c1-14-6-3-7-5(2-4(6)10)11-8(15-7)9(12)13/h2-3H,1H3,(H,12,13). The molecule has 1 aromatic carbocycles. The third kappa shape index (κ3) is 1.82. The van der Waals surface area contributed by atoms with E-state index in [4.69, 9.17) is 9.84 Å². The second-order valence-electron chi connectivity index (χ2n) is 2.78. The number of hydrogen-bond donors (Lipinski definition) is 1. The summed E-state index contributed by atoms with van der Waals surface area (Å²) in [4.78, 5) is 14.7. The topological polar surface area (TPSA) is 59.4 Å². The SMILES string of the molecule is COc1cc2sc(C(=O)O)nc2cc1Br. The van der Waals surface area contributed by atoms with Crippen molar-refractivity contribution in [1.82, 2.24) is 4.98 Å². The highest BCUT2D eigenvalue weighted by Crippen LogP contribution is 2.32. The van der Waals surface area contributed by atoms with Crippen LogP contribution in [0.4, 0.5) is 0 Å². The molecule has 0 aliphatic heterocycles. The van der Waals surface area contributed by atoms with Gasteiger partial charge in [0.2, 0.25) is 5.01 Å². The lowest BCUT2D eigenvalue weighted by Gasteiger charge is -2.01. The van der Waals surface area contributed by atoms with Crippen LogP contribution in [0, 0.1) is 0 Å². The summed E-state index contributed by atoms with van der Waals surface area (Å²) >= 11 is 4.45. The zero-order valence-corrected chi connectivity index (χ0v) is 10.1. The molecule has 78 valence electrons. The van der Waals surface area contributed by atoms with Crippen LogP contribution in [0.2, 0.25) is 0 Å². The maximum Gasteiger partial charge on any atom is 0.365 e. The fourth-order valence-corrected chi connectivity index (χ4v) is 2.49. The van der Waals surface area contributed by atoms with Gasteiger partial charge in [-0.3, -0.25) is 0 Å². The van der Waals surface area contributed by atoms with Crippen molar-refractivity contribution in [1.29, 1.82) is 0 Å². The molecule has 2 rings (SSSR count). The number of rotatable bonds is 2. The molecule has 0 aliphatic carbocycles. The van der Waals surface area contributed by atoms with Gasteiger partial charge in [0.1, 0.15) is 5.75 Å². The lowest BCUT2D eigenvalue weighted by molar-refractivity contribution is 0.0696. The van der Waals surface area contributed by atoms with Crippen LogP contribution in [0.1, 0.15) is 9.80 Å². The Morgan fingerprint density at radius 3 is 2.93 bits per heavy atom. The first-order valence-corrected chi connectivity index (χ1v) is 5.60. The molecule has 15 heavy (non-hydrogen) atoms. The number of thiazole rings is 1. The first kappa shape index (κ1) is 10.4. The summed E-state index contributed by atoms with van der Waals surface area (Å²) in [5, 5.41) is 8.87. The minimum atomic E-state index is -1.01. The number of carboxylic acids is 1. The van der Waals surface area contributed by atoms with Crippen molar-refractivity contribution < 1.29 is 14.6 Å². The summed E-state index contributed by atoms with van der Waals surface area (Å²) in [6.45, 7) is 0. The van der Waals surface area contributed by atoms with E-state index in [1.54, 1.807) is 19.2 Å². The van der Waals surface area contributed by atoms with Crippen LogP contribution in [-0.2, 0) is 0 Å². The Morgan fingerprint density at radius 2 is 2.33 bits per heavy atom. The third-order valence-corrected chi connectivity index (χ3v) is 3.47. The van der Waals surface area contributed by atoms with Crippen molar-refractivity contribution in [2.45, 2.75) is 0 Å². The van der Waals surface area contributed by atoms with Crippen LogP contribution >= 0.6 is 27.3 Å². The minimum Gasteiger partial charge on any atom is -0.496 e. The molecule has 6 heteroatoms. The summed E-state index contributed by atoms with van der Waals surface area (Å²) in [5.74, 6) is -0.339. The van der Waals surface area contributed by atoms with Crippen LogP contribution in [-0.4, -0.2) is 23.2 Å². The van der Waals surface area contributed by atoms with Crippen molar-refractivity contribution in [3.63, 3.8) is 0 Å².